The van der Waals surface area contributed by atoms with Crippen molar-refractivity contribution < 1.29 is 4.79 Å². The van der Waals surface area contributed by atoms with Crippen LogP contribution in [0.1, 0.15) is 23.7 Å². The maximum Gasteiger partial charge on any atom is 0.328 e. The van der Waals surface area contributed by atoms with Gasteiger partial charge in [-0.15, -0.1) is 0 Å². The van der Waals surface area contributed by atoms with Crippen LogP contribution in [0.5, 0.6) is 0 Å². The molecule has 1 aliphatic heterocycles. The Kier molecular flexibility index (Phi) is 5.85. The van der Waals surface area contributed by atoms with Gasteiger partial charge in [-0.1, -0.05) is 0 Å². The zero-order valence-electron chi connectivity index (χ0n) is 15.0. The SMILES string of the molecule is CCn1c(=O)[nH]c2cc(C(=O)NCCCN3CCNCC3)ccc2c1=O. The monoisotopic (exact) mass is 359 g/mol. The third-order valence-corrected chi connectivity index (χ3v) is 4.71. The number of rotatable bonds is 6. The van der Waals surface area contributed by atoms with Crippen LogP contribution in [0.15, 0.2) is 27.8 Å². The molecule has 26 heavy (non-hydrogen) atoms. The fourth-order valence-electron chi connectivity index (χ4n) is 3.22. The van der Waals surface area contributed by atoms with Crippen molar-refractivity contribution in [2.24, 2.45) is 0 Å². The van der Waals surface area contributed by atoms with E-state index in [4.69, 9.17) is 0 Å². The van der Waals surface area contributed by atoms with E-state index in [1.165, 1.54) is 0 Å². The van der Waals surface area contributed by atoms with Gasteiger partial charge in [0.15, 0.2) is 0 Å². The van der Waals surface area contributed by atoms with E-state index in [0.717, 1.165) is 43.7 Å². The van der Waals surface area contributed by atoms with E-state index < -0.39 is 5.69 Å². The summed E-state index contributed by atoms with van der Waals surface area (Å²) in [5.74, 6) is -0.201. The summed E-state index contributed by atoms with van der Waals surface area (Å²) in [4.78, 5) is 41.6. The number of amides is 1. The molecule has 0 spiro atoms. The van der Waals surface area contributed by atoms with Gasteiger partial charge in [-0.3, -0.25) is 14.2 Å². The zero-order valence-corrected chi connectivity index (χ0v) is 15.0. The fraction of sp³-hybridized carbons (Fsp3) is 0.500. The Morgan fingerprint density at radius 3 is 2.73 bits per heavy atom. The van der Waals surface area contributed by atoms with Gasteiger partial charge in [0.05, 0.1) is 10.9 Å². The standard InChI is InChI=1S/C18H25N5O3/c1-2-23-17(25)14-5-4-13(12-15(14)21-18(23)26)16(24)20-6-3-9-22-10-7-19-8-11-22/h4-5,12,19H,2-3,6-11H2,1H3,(H,20,24)(H,21,26). The molecule has 1 fully saturated rings. The smallest absolute Gasteiger partial charge is 0.328 e. The molecule has 1 aromatic carbocycles. The maximum atomic E-state index is 12.3. The molecule has 8 heteroatoms. The molecule has 1 aliphatic rings. The zero-order chi connectivity index (χ0) is 18.5. The number of benzene rings is 1. The number of aromatic nitrogens is 2. The van der Waals surface area contributed by atoms with Crippen molar-refractivity contribution in [1.82, 2.24) is 25.1 Å². The van der Waals surface area contributed by atoms with Crippen LogP contribution in [-0.2, 0) is 6.54 Å². The summed E-state index contributed by atoms with van der Waals surface area (Å²) in [6.45, 7) is 7.72. The minimum Gasteiger partial charge on any atom is -0.352 e. The lowest BCUT2D eigenvalue weighted by molar-refractivity contribution is 0.0951. The number of nitrogens with zero attached hydrogens (tertiary/aromatic N) is 2. The van der Waals surface area contributed by atoms with Gasteiger partial charge >= 0.3 is 5.69 Å². The van der Waals surface area contributed by atoms with E-state index in [-0.39, 0.29) is 11.5 Å². The third-order valence-electron chi connectivity index (χ3n) is 4.71. The van der Waals surface area contributed by atoms with Crippen LogP contribution in [0.3, 0.4) is 0 Å². The summed E-state index contributed by atoms with van der Waals surface area (Å²) >= 11 is 0. The lowest BCUT2D eigenvalue weighted by Gasteiger charge is -2.27. The quantitative estimate of drug-likeness (QED) is 0.617. The van der Waals surface area contributed by atoms with Gasteiger partial charge in [0.2, 0.25) is 0 Å². The molecule has 2 heterocycles. The van der Waals surface area contributed by atoms with Crippen LogP contribution in [0.2, 0.25) is 0 Å². The van der Waals surface area contributed by atoms with Gasteiger partial charge in [-0.05, 0) is 38.1 Å². The van der Waals surface area contributed by atoms with Crippen LogP contribution in [0.4, 0.5) is 0 Å². The van der Waals surface area contributed by atoms with E-state index in [1.54, 1.807) is 25.1 Å². The number of carbonyl (C=O) groups excluding carboxylic acids is 1. The fourth-order valence-corrected chi connectivity index (χ4v) is 3.22. The summed E-state index contributed by atoms with van der Waals surface area (Å²) in [6, 6.07) is 4.77. The molecule has 3 rings (SSSR count). The Hall–Kier alpha value is -2.45. The molecule has 0 unspecified atom stereocenters. The third kappa shape index (κ3) is 4.03. The van der Waals surface area contributed by atoms with Crippen LogP contribution in [-0.4, -0.2) is 59.6 Å². The number of hydrogen-bond acceptors (Lipinski definition) is 5. The van der Waals surface area contributed by atoms with Crippen molar-refractivity contribution in [2.75, 3.05) is 39.3 Å². The minimum absolute atomic E-state index is 0.201. The number of aromatic amines is 1. The van der Waals surface area contributed by atoms with Gasteiger partial charge in [-0.25, -0.2) is 4.79 Å². The van der Waals surface area contributed by atoms with Crippen molar-refractivity contribution in [3.05, 3.63) is 44.6 Å². The molecule has 3 N–H and O–H groups in total. The van der Waals surface area contributed by atoms with Crippen molar-refractivity contribution in [1.29, 1.82) is 0 Å². The molecule has 0 radical (unpaired) electrons. The molecule has 1 aromatic heterocycles. The number of carbonyl (C=O) groups is 1. The first-order valence-corrected chi connectivity index (χ1v) is 9.08. The predicted molar refractivity (Wildman–Crippen MR) is 101 cm³/mol. The van der Waals surface area contributed by atoms with E-state index in [1.807, 2.05) is 0 Å². The van der Waals surface area contributed by atoms with Gasteiger partial charge in [0.25, 0.3) is 11.5 Å². The van der Waals surface area contributed by atoms with Crippen molar-refractivity contribution in [3.63, 3.8) is 0 Å². The molecule has 0 aliphatic carbocycles. The molecule has 1 saturated heterocycles. The normalized spacial score (nSPS) is 15.3. The molecule has 0 bridgehead atoms. The first kappa shape index (κ1) is 18.3. The van der Waals surface area contributed by atoms with Crippen LogP contribution in [0, 0.1) is 0 Å². The number of fused-ring (bicyclic) bond motifs is 1. The van der Waals surface area contributed by atoms with Crippen molar-refractivity contribution in [3.8, 4) is 0 Å². The topological polar surface area (TPSA) is 99.2 Å². The summed E-state index contributed by atoms with van der Waals surface area (Å²) < 4.78 is 1.14. The molecule has 0 atom stereocenters. The number of hydrogen-bond donors (Lipinski definition) is 3. The number of H-pyrrole nitrogens is 1. The van der Waals surface area contributed by atoms with E-state index in [2.05, 4.69) is 20.5 Å². The Balaban J connectivity index is 1.63. The highest BCUT2D eigenvalue weighted by Crippen LogP contribution is 2.09. The van der Waals surface area contributed by atoms with Gasteiger partial charge < -0.3 is 20.5 Å². The first-order valence-electron chi connectivity index (χ1n) is 9.08. The predicted octanol–water partition coefficient (Wildman–Crippen LogP) is -0.265. The lowest BCUT2D eigenvalue weighted by Crippen LogP contribution is -2.44. The average Bonchev–Trinajstić information content (AvgIpc) is 2.65. The van der Waals surface area contributed by atoms with Crippen LogP contribution in [0.25, 0.3) is 10.9 Å². The van der Waals surface area contributed by atoms with Crippen molar-refractivity contribution >= 4 is 16.8 Å². The molecular formula is C18H25N5O3. The Morgan fingerprint density at radius 2 is 2.00 bits per heavy atom. The number of piperazine rings is 1. The van der Waals surface area contributed by atoms with Gasteiger partial charge in [-0.2, -0.15) is 0 Å². The van der Waals surface area contributed by atoms with Gasteiger partial charge in [0, 0.05) is 44.8 Å². The number of nitrogens with one attached hydrogen (secondary N) is 3. The second kappa shape index (κ2) is 8.29. The van der Waals surface area contributed by atoms with Crippen LogP contribution >= 0.6 is 0 Å². The Morgan fingerprint density at radius 1 is 1.23 bits per heavy atom. The molecule has 2 aromatic rings. The van der Waals surface area contributed by atoms with Crippen molar-refractivity contribution in [2.45, 2.75) is 19.9 Å². The largest absolute Gasteiger partial charge is 0.352 e. The summed E-state index contributed by atoms with van der Waals surface area (Å²) in [7, 11) is 0. The highest BCUT2D eigenvalue weighted by molar-refractivity contribution is 5.97. The van der Waals surface area contributed by atoms with E-state index >= 15 is 0 Å². The average molecular weight is 359 g/mol. The van der Waals surface area contributed by atoms with E-state index in [0.29, 0.717) is 29.6 Å². The molecular weight excluding hydrogens is 334 g/mol. The summed E-state index contributed by atoms with van der Waals surface area (Å²) in [5, 5.41) is 6.62. The van der Waals surface area contributed by atoms with Gasteiger partial charge in [0.1, 0.15) is 0 Å². The van der Waals surface area contributed by atoms with Crippen LogP contribution < -0.4 is 21.9 Å². The molecule has 8 nitrogen and oxygen atoms in total. The van der Waals surface area contributed by atoms with E-state index in [9.17, 15) is 14.4 Å². The Labute approximate surface area is 151 Å². The first-order chi connectivity index (χ1) is 12.6. The molecule has 0 saturated carbocycles. The molecule has 1 amide bonds. The summed E-state index contributed by atoms with van der Waals surface area (Å²) in [5.41, 5.74) is 0.0231. The lowest BCUT2D eigenvalue weighted by atomic mass is 10.1. The molecule has 140 valence electrons. The Bertz CT molecular complexity index is 896. The highest BCUT2D eigenvalue weighted by atomic mass is 16.2. The highest BCUT2D eigenvalue weighted by Gasteiger charge is 2.11. The maximum absolute atomic E-state index is 12.3. The second-order valence-corrected chi connectivity index (χ2v) is 6.44. The minimum atomic E-state index is -0.460. The summed E-state index contributed by atoms with van der Waals surface area (Å²) in [6.07, 6.45) is 0.886. The second-order valence-electron chi connectivity index (χ2n) is 6.44.